The van der Waals surface area contributed by atoms with Crippen LogP contribution in [0, 0.1) is 6.92 Å². The van der Waals surface area contributed by atoms with Crippen molar-refractivity contribution in [3.8, 4) is 5.69 Å². The molecule has 0 saturated carbocycles. The highest BCUT2D eigenvalue weighted by atomic mass is 32.1. The topological polar surface area (TPSA) is 87.7 Å². The Morgan fingerprint density at radius 1 is 1.12 bits per heavy atom. The van der Waals surface area contributed by atoms with Crippen molar-refractivity contribution < 1.29 is 19.1 Å². The number of methoxy groups -OCH3 is 2. The summed E-state index contributed by atoms with van der Waals surface area (Å²) in [5, 5.41) is 4.36. The molecule has 0 aliphatic rings. The molecule has 0 bridgehead atoms. The molecule has 32 heavy (non-hydrogen) atoms. The van der Waals surface area contributed by atoms with Gasteiger partial charge in [0.25, 0.3) is 5.91 Å². The molecule has 2 heterocycles. The van der Waals surface area contributed by atoms with Crippen LogP contribution < -0.4 is 4.80 Å². The summed E-state index contributed by atoms with van der Waals surface area (Å²) < 4.78 is 14.5. The number of thiazole rings is 1. The standard InChI is InChI=1S/C23H22N4O4S/c1-15-18(14-24-27(15)17-7-5-4-6-8-17)21(28)25-23-26(11-12-30-2)19-10-9-16(22(29)31-3)13-20(19)32-23/h4-10,13-14H,11-12H2,1-3H3. The maximum atomic E-state index is 13.1. The molecular weight excluding hydrogens is 428 g/mol. The van der Waals surface area contributed by atoms with Crippen LogP contribution in [0.25, 0.3) is 15.9 Å². The second-order valence-electron chi connectivity index (χ2n) is 7.01. The maximum absolute atomic E-state index is 13.1. The first kappa shape index (κ1) is 21.7. The van der Waals surface area contributed by atoms with Crippen LogP contribution in [-0.2, 0) is 16.0 Å². The van der Waals surface area contributed by atoms with E-state index in [2.05, 4.69) is 10.1 Å². The van der Waals surface area contributed by atoms with Gasteiger partial charge in [-0.3, -0.25) is 4.79 Å². The monoisotopic (exact) mass is 450 g/mol. The van der Waals surface area contributed by atoms with Crippen LogP contribution in [-0.4, -0.2) is 47.1 Å². The highest BCUT2D eigenvalue weighted by molar-refractivity contribution is 7.16. The molecule has 2 aromatic carbocycles. The molecule has 8 nitrogen and oxygen atoms in total. The number of nitrogens with zero attached hydrogens (tertiary/aromatic N) is 4. The Bertz CT molecular complexity index is 1350. The zero-order valence-electron chi connectivity index (χ0n) is 17.9. The van der Waals surface area contributed by atoms with Crippen molar-refractivity contribution in [1.82, 2.24) is 14.3 Å². The average molecular weight is 451 g/mol. The second-order valence-corrected chi connectivity index (χ2v) is 8.02. The molecule has 0 N–H and O–H groups in total. The molecule has 0 fully saturated rings. The van der Waals surface area contributed by atoms with E-state index in [1.165, 1.54) is 24.6 Å². The van der Waals surface area contributed by atoms with Crippen molar-refractivity contribution in [1.29, 1.82) is 0 Å². The number of hydrogen-bond acceptors (Lipinski definition) is 6. The van der Waals surface area contributed by atoms with E-state index in [4.69, 9.17) is 9.47 Å². The predicted octanol–water partition coefficient (Wildman–Crippen LogP) is 3.37. The average Bonchev–Trinajstić information content (AvgIpc) is 3.36. The van der Waals surface area contributed by atoms with E-state index in [-0.39, 0.29) is 5.91 Å². The van der Waals surface area contributed by atoms with Crippen LogP contribution in [0.15, 0.2) is 59.7 Å². The van der Waals surface area contributed by atoms with E-state index >= 15 is 0 Å². The van der Waals surface area contributed by atoms with E-state index < -0.39 is 5.97 Å². The number of carbonyl (C=O) groups is 2. The Labute approximate surface area is 188 Å². The number of aromatic nitrogens is 3. The number of para-hydroxylation sites is 1. The Hall–Kier alpha value is -3.56. The molecule has 9 heteroatoms. The van der Waals surface area contributed by atoms with Gasteiger partial charge in [-0.25, -0.2) is 9.48 Å². The molecule has 0 aliphatic heterocycles. The van der Waals surface area contributed by atoms with Gasteiger partial charge < -0.3 is 14.0 Å². The molecular formula is C23H22N4O4S. The van der Waals surface area contributed by atoms with Crippen LogP contribution in [0.5, 0.6) is 0 Å². The molecule has 0 unspecified atom stereocenters. The second kappa shape index (κ2) is 9.29. The predicted molar refractivity (Wildman–Crippen MR) is 121 cm³/mol. The fourth-order valence-electron chi connectivity index (χ4n) is 3.40. The van der Waals surface area contributed by atoms with Gasteiger partial charge in [-0.15, -0.1) is 0 Å². The van der Waals surface area contributed by atoms with Crippen LogP contribution in [0.4, 0.5) is 0 Å². The van der Waals surface area contributed by atoms with Gasteiger partial charge in [0.1, 0.15) is 0 Å². The lowest BCUT2D eigenvalue weighted by Crippen LogP contribution is -2.19. The fraction of sp³-hybridized carbons (Fsp3) is 0.217. The summed E-state index contributed by atoms with van der Waals surface area (Å²) in [5.74, 6) is -0.794. The smallest absolute Gasteiger partial charge is 0.337 e. The van der Waals surface area contributed by atoms with Crippen molar-refractivity contribution in [2.45, 2.75) is 13.5 Å². The van der Waals surface area contributed by atoms with Crippen LogP contribution in [0.3, 0.4) is 0 Å². The lowest BCUT2D eigenvalue weighted by Gasteiger charge is -2.05. The summed E-state index contributed by atoms with van der Waals surface area (Å²) in [7, 11) is 2.96. The summed E-state index contributed by atoms with van der Waals surface area (Å²) in [6, 6.07) is 14.9. The highest BCUT2D eigenvalue weighted by Crippen LogP contribution is 2.21. The van der Waals surface area contributed by atoms with Crippen LogP contribution in [0.2, 0.25) is 0 Å². The Kier molecular flexibility index (Phi) is 6.29. The Balaban J connectivity index is 1.78. The molecule has 0 aliphatic carbocycles. The van der Waals surface area contributed by atoms with Crippen molar-refractivity contribution in [2.24, 2.45) is 4.99 Å². The SMILES string of the molecule is COCCn1c(=NC(=O)c2cnn(-c3ccccc3)c2C)sc2cc(C(=O)OC)ccc21. The summed E-state index contributed by atoms with van der Waals surface area (Å²) in [5.41, 5.74) is 3.32. The van der Waals surface area contributed by atoms with Gasteiger partial charge >= 0.3 is 5.97 Å². The number of amides is 1. The van der Waals surface area contributed by atoms with E-state index in [0.29, 0.717) is 34.8 Å². The molecule has 2 aromatic heterocycles. The number of benzene rings is 2. The number of hydrogen-bond donors (Lipinski definition) is 0. The molecule has 0 radical (unpaired) electrons. The fourth-order valence-corrected chi connectivity index (χ4v) is 4.49. The number of esters is 1. The third kappa shape index (κ3) is 4.12. The minimum absolute atomic E-state index is 0.379. The Morgan fingerprint density at radius 2 is 1.91 bits per heavy atom. The molecule has 1 amide bonds. The third-order valence-electron chi connectivity index (χ3n) is 5.06. The van der Waals surface area contributed by atoms with Crippen molar-refractivity contribution >= 4 is 33.4 Å². The largest absolute Gasteiger partial charge is 0.465 e. The first-order valence-corrected chi connectivity index (χ1v) is 10.7. The van der Waals surface area contributed by atoms with Gasteiger partial charge in [0.2, 0.25) is 0 Å². The highest BCUT2D eigenvalue weighted by Gasteiger charge is 2.16. The minimum Gasteiger partial charge on any atom is -0.465 e. The van der Waals surface area contributed by atoms with Gasteiger partial charge in [0, 0.05) is 13.7 Å². The lowest BCUT2D eigenvalue weighted by atomic mass is 10.2. The number of fused-ring (bicyclic) bond motifs is 1. The van der Waals surface area contributed by atoms with Gasteiger partial charge in [-0.05, 0) is 37.3 Å². The quantitative estimate of drug-likeness (QED) is 0.420. The first-order chi connectivity index (χ1) is 15.5. The summed E-state index contributed by atoms with van der Waals surface area (Å²) >= 11 is 1.33. The number of rotatable bonds is 6. The summed E-state index contributed by atoms with van der Waals surface area (Å²) in [6.07, 6.45) is 1.54. The van der Waals surface area contributed by atoms with E-state index in [1.807, 2.05) is 47.9 Å². The van der Waals surface area contributed by atoms with Crippen molar-refractivity contribution in [3.63, 3.8) is 0 Å². The van der Waals surface area contributed by atoms with E-state index in [9.17, 15) is 9.59 Å². The van der Waals surface area contributed by atoms with Crippen LogP contribution >= 0.6 is 11.3 Å². The van der Waals surface area contributed by atoms with Crippen molar-refractivity contribution in [3.05, 3.63) is 76.4 Å². The molecule has 0 saturated heterocycles. The molecule has 0 spiro atoms. The molecule has 4 rings (SSSR count). The van der Waals surface area contributed by atoms with Gasteiger partial charge in [-0.1, -0.05) is 29.5 Å². The first-order valence-electron chi connectivity index (χ1n) is 9.93. The van der Waals surface area contributed by atoms with Gasteiger partial charge in [0.15, 0.2) is 4.80 Å². The number of carbonyl (C=O) groups excluding carboxylic acids is 2. The number of ether oxygens (including phenoxy) is 2. The third-order valence-corrected chi connectivity index (χ3v) is 6.10. The minimum atomic E-state index is -0.415. The zero-order valence-corrected chi connectivity index (χ0v) is 18.8. The molecule has 164 valence electrons. The Morgan fingerprint density at radius 3 is 2.62 bits per heavy atom. The van der Waals surface area contributed by atoms with Crippen molar-refractivity contribution in [2.75, 3.05) is 20.8 Å². The van der Waals surface area contributed by atoms with Crippen LogP contribution in [0.1, 0.15) is 26.4 Å². The zero-order chi connectivity index (χ0) is 22.7. The summed E-state index contributed by atoms with van der Waals surface area (Å²) in [6.45, 7) is 2.81. The van der Waals surface area contributed by atoms with E-state index in [1.54, 1.807) is 23.9 Å². The maximum Gasteiger partial charge on any atom is 0.337 e. The van der Waals surface area contributed by atoms with Gasteiger partial charge in [0.05, 0.1) is 52.6 Å². The lowest BCUT2D eigenvalue weighted by molar-refractivity contribution is 0.0600. The van der Waals surface area contributed by atoms with Gasteiger partial charge in [-0.2, -0.15) is 10.1 Å². The summed E-state index contributed by atoms with van der Waals surface area (Å²) in [4.78, 5) is 29.9. The van der Waals surface area contributed by atoms with E-state index in [0.717, 1.165) is 15.9 Å². The normalized spacial score (nSPS) is 11.8. The molecule has 0 atom stereocenters. The molecule has 4 aromatic rings.